The maximum absolute atomic E-state index is 13.5. The van der Waals surface area contributed by atoms with Crippen molar-refractivity contribution in [2.24, 2.45) is 0 Å². The number of nitrogens with zero attached hydrogens (tertiary/aromatic N) is 1. The molecular weight excluding hydrogens is 467 g/mol. The molecule has 36 heavy (non-hydrogen) atoms. The molecule has 0 N–H and O–H groups in total. The molecule has 0 heterocycles. The Hall–Kier alpha value is -3.27. The number of hydrogen-bond acceptors (Lipinski definition) is 3. The van der Waals surface area contributed by atoms with Crippen molar-refractivity contribution in [1.29, 1.82) is 0 Å². The molecule has 4 nitrogen and oxygen atoms in total. The predicted octanol–water partition coefficient (Wildman–Crippen LogP) is 6.90. The Labute approximate surface area is 211 Å². The van der Waals surface area contributed by atoms with Gasteiger partial charge in [-0.2, -0.15) is 13.2 Å². The second kappa shape index (κ2) is 15.0. The van der Waals surface area contributed by atoms with Crippen molar-refractivity contribution in [3.05, 3.63) is 70.8 Å². The Bertz CT molecular complexity index is 1040. The number of ether oxygens (including phenoxy) is 1. The SMILES string of the molecule is CCCCCCCCC#Cc1ccc(CN(Cc2ccccc2C(F)(F)F)C(=O)C(=O)OCC)cc1. The number of carbonyl (C=O) groups excluding carboxylic acids is 2. The standard InChI is InChI=1S/C29H34F3NO3/c1-3-5-6-7-8-9-10-11-14-23-17-19-24(20-18-23)21-33(27(34)28(35)36-4-2)22-25-15-12-13-16-26(25)29(30,31)32/h12-13,15-20H,3-10,21-22H2,1-2H3. The second-order valence-corrected chi connectivity index (χ2v) is 8.55. The van der Waals surface area contributed by atoms with Crippen LogP contribution in [0.15, 0.2) is 48.5 Å². The summed E-state index contributed by atoms with van der Waals surface area (Å²) in [6.45, 7) is 3.31. The lowest BCUT2D eigenvalue weighted by atomic mass is 10.1. The molecule has 0 atom stereocenters. The van der Waals surface area contributed by atoms with Crippen LogP contribution in [-0.4, -0.2) is 23.4 Å². The van der Waals surface area contributed by atoms with Crippen LogP contribution >= 0.6 is 0 Å². The van der Waals surface area contributed by atoms with Crippen LogP contribution in [0.5, 0.6) is 0 Å². The summed E-state index contributed by atoms with van der Waals surface area (Å²) in [5.41, 5.74) is 0.538. The maximum Gasteiger partial charge on any atom is 0.416 e. The highest BCUT2D eigenvalue weighted by Crippen LogP contribution is 2.32. The minimum Gasteiger partial charge on any atom is -0.459 e. The number of halogens is 3. The highest BCUT2D eigenvalue weighted by atomic mass is 19.4. The predicted molar refractivity (Wildman–Crippen MR) is 134 cm³/mol. The van der Waals surface area contributed by atoms with Crippen molar-refractivity contribution in [3.8, 4) is 11.8 Å². The zero-order valence-electron chi connectivity index (χ0n) is 21.0. The fourth-order valence-corrected chi connectivity index (χ4v) is 3.73. The van der Waals surface area contributed by atoms with E-state index in [0.717, 1.165) is 29.4 Å². The van der Waals surface area contributed by atoms with E-state index in [1.807, 2.05) is 0 Å². The van der Waals surface area contributed by atoms with Crippen LogP contribution in [0, 0.1) is 11.8 Å². The molecule has 0 unspecified atom stereocenters. The van der Waals surface area contributed by atoms with E-state index in [2.05, 4.69) is 18.8 Å². The molecule has 0 radical (unpaired) electrons. The van der Waals surface area contributed by atoms with Crippen molar-refractivity contribution in [3.63, 3.8) is 0 Å². The van der Waals surface area contributed by atoms with Crippen molar-refractivity contribution < 1.29 is 27.5 Å². The number of amides is 1. The van der Waals surface area contributed by atoms with E-state index in [0.29, 0.717) is 5.56 Å². The molecule has 0 aliphatic carbocycles. The van der Waals surface area contributed by atoms with Crippen molar-refractivity contribution in [2.45, 2.75) is 78.1 Å². The molecular formula is C29H34F3NO3. The molecule has 0 saturated heterocycles. The van der Waals surface area contributed by atoms with Crippen LogP contribution in [0.2, 0.25) is 0 Å². The van der Waals surface area contributed by atoms with E-state index in [-0.39, 0.29) is 25.3 Å². The van der Waals surface area contributed by atoms with Crippen LogP contribution in [0.25, 0.3) is 0 Å². The number of esters is 1. The van der Waals surface area contributed by atoms with Gasteiger partial charge in [0.2, 0.25) is 0 Å². The van der Waals surface area contributed by atoms with Crippen molar-refractivity contribution in [1.82, 2.24) is 4.90 Å². The van der Waals surface area contributed by atoms with E-state index < -0.39 is 23.6 Å². The smallest absolute Gasteiger partial charge is 0.416 e. The molecule has 2 aromatic rings. The van der Waals surface area contributed by atoms with Gasteiger partial charge in [0.1, 0.15) is 0 Å². The third-order valence-corrected chi connectivity index (χ3v) is 5.64. The first kappa shape index (κ1) is 29.0. The maximum atomic E-state index is 13.5. The van der Waals surface area contributed by atoms with Gasteiger partial charge < -0.3 is 9.64 Å². The van der Waals surface area contributed by atoms with Gasteiger partial charge in [0.15, 0.2) is 0 Å². The van der Waals surface area contributed by atoms with Crippen LogP contribution in [0.1, 0.15) is 81.0 Å². The first-order chi connectivity index (χ1) is 17.3. The van der Waals surface area contributed by atoms with Gasteiger partial charge in [-0.3, -0.25) is 4.79 Å². The number of hydrogen-bond donors (Lipinski definition) is 0. The Kier molecular flexibility index (Phi) is 12.0. The topological polar surface area (TPSA) is 46.6 Å². The third kappa shape index (κ3) is 9.77. The van der Waals surface area contributed by atoms with Gasteiger partial charge in [0, 0.05) is 25.1 Å². The van der Waals surface area contributed by atoms with E-state index >= 15 is 0 Å². The molecule has 0 bridgehead atoms. The second-order valence-electron chi connectivity index (χ2n) is 8.55. The molecule has 0 aliphatic rings. The average Bonchev–Trinajstić information content (AvgIpc) is 2.85. The van der Waals surface area contributed by atoms with E-state index in [1.165, 1.54) is 50.3 Å². The summed E-state index contributed by atoms with van der Waals surface area (Å²) in [5.74, 6) is 4.20. The molecule has 1 amide bonds. The zero-order valence-corrected chi connectivity index (χ0v) is 21.0. The van der Waals surface area contributed by atoms with Crippen LogP contribution in [0.3, 0.4) is 0 Å². The third-order valence-electron chi connectivity index (χ3n) is 5.64. The molecule has 2 rings (SSSR count). The lowest BCUT2D eigenvalue weighted by Crippen LogP contribution is -2.37. The highest BCUT2D eigenvalue weighted by Gasteiger charge is 2.34. The van der Waals surface area contributed by atoms with Gasteiger partial charge in [-0.25, -0.2) is 4.79 Å². The summed E-state index contributed by atoms with van der Waals surface area (Å²) in [7, 11) is 0. The molecule has 194 valence electrons. The Balaban J connectivity index is 2.09. The molecule has 0 fully saturated rings. The molecule has 7 heteroatoms. The molecule has 2 aromatic carbocycles. The summed E-state index contributed by atoms with van der Waals surface area (Å²) in [4.78, 5) is 25.9. The van der Waals surface area contributed by atoms with Crippen molar-refractivity contribution in [2.75, 3.05) is 6.61 Å². The Morgan fingerprint density at radius 1 is 0.889 bits per heavy atom. The van der Waals surface area contributed by atoms with E-state index in [1.54, 1.807) is 31.2 Å². The van der Waals surface area contributed by atoms with Gasteiger partial charge in [0.05, 0.1) is 12.2 Å². The minimum atomic E-state index is -4.58. The van der Waals surface area contributed by atoms with Gasteiger partial charge in [-0.05, 0) is 42.7 Å². The van der Waals surface area contributed by atoms with Gasteiger partial charge in [-0.1, -0.05) is 81.2 Å². The zero-order chi connectivity index (χ0) is 26.4. The van der Waals surface area contributed by atoms with E-state index in [9.17, 15) is 22.8 Å². The Morgan fingerprint density at radius 2 is 1.56 bits per heavy atom. The largest absolute Gasteiger partial charge is 0.459 e. The van der Waals surface area contributed by atoms with Crippen LogP contribution in [0.4, 0.5) is 13.2 Å². The van der Waals surface area contributed by atoms with Crippen LogP contribution < -0.4 is 0 Å². The lowest BCUT2D eigenvalue weighted by Gasteiger charge is -2.24. The van der Waals surface area contributed by atoms with Crippen LogP contribution in [-0.2, 0) is 33.6 Å². The molecule has 0 aliphatic heterocycles. The summed E-state index contributed by atoms with van der Waals surface area (Å²) < 4.78 is 45.2. The summed E-state index contributed by atoms with van der Waals surface area (Å²) >= 11 is 0. The number of unbranched alkanes of at least 4 members (excludes halogenated alkanes) is 6. The Morgan fingerprint density at radius 3 is 2.22 bits per heavy atom. The minimum absolute atomic E-state index is 0.0103. The lowest BCUT2D eigenvalue weighted by molar-refractivity contribution is -0.160. The summed E-state index contributed by atoms with van der Waals surface area (Å²) in [5, 5.41) is 0. The quantitative estimate of drug-likeness (QED) is 0.146. The number of rotatable bonds is 11. The first-order valence-corrected chi connectivity index (χ1v) is 12.4. The molecule has 0 aromatic heterocycles. The number of benzene rings is 2. The van der Waals surface area contributed by atoms with Gasteiger partial charge >= 0.3 is 18.1 Å². The normalized spacial score (nSPS) is 10.9. The average molecular weight is 502 g/mol. The molecule has 0 spiro atoms. The fourth-order valence-electron chi connectivity index (χ4n) is 3.73. The number of alkyl halides is 3. The fraction of sp³-hybridized carbons (Fsp3) is 0.448. The van der Waals surface area contributed by atoms with Crippen molar-refractivity contribution >= 4 is 11.9 Å². The first-order valence-electron chi connectivity index (χ1n) is 12.4. The summed E-state index contributed by atoms with van der Waals surface area (Å²) in [6.07, 6.45) is 3.50. The monoisotopic (exact) mass is 501 g/mol. The highest BCUT2D eigenvalue weighted by molar-refractivity contribution is 6.32. The van der Waals surface area contributed by atoms with E-state index in [4.69, 9.17) is 4.74 Å². The molecule has 0 saturated carbocycles. The van der Waals surface area contributed by atoms with Gasteiger partial charge in [0.25, 0.3) is 0 Å². The number of carbonyl (C=O) groups is 2. The summed E-state index contributed by atoms with van der Waals surface area (Å²) in [6, 6.07) is 12.1. The van der Waals surface area contributed by atoms with Gasteiger partial charge in [-0.15, -0.1) is 0 Å².